The zero-order valence-electron chi connectivity index (χ0n) is 33.6. The Bertz CT molecular complexity index is 3230. The number of benzene rings is 9. The fourth-order valence-corrected chi connectivity index (χ4v) is 10.7. The fraction of sp³-hybridized carbons (Fsp3) is 0.0690. The minimum atomic E-state index is -0.427. The first-order valence-corrected chi connectivity index (χ1v) is 20.9. The number of hydrogen-bond donors (Lipinski definition) is 0. The standard InChI is InChI=1S/C58H41NO/c1-57(2)49-21-9-11-23-51(49)58(52-24-12-10-22-50(52)57)48-20-8-6-18-46(48)56-44(19-14-25-53(56)58)40-29-33-42(34-30-40)59(41-31-27-39(28-32-41)38-15-4-3-5-16-38)43-35-36-55-47(37-43)45-17-7-13-26-54(45)60-55/h3-37H,1-2H3. The second-order valence-corrected chi connectivity index (χ2v) is 16.8. The quantitative estimate of drug-likeness (QED) is 0.173. The van der Waals surface area contributed by atoms with Crippen LogP contribution >= 0.6 is 0 Å². The first-order valence-electron chi connectivity index (χ1n) is 20.9. The van der Waals surface area contributed by atoms with E-state index in [2.05, 4.69) is 219 Å². The molecule has 284 valence electrons. The first kappa shape index (κ1) is 34.6. The van der Waals surface area contributed by atoms with Crippen LogP contribution in [0.2, 0.25) is 0 Å². The number of rotatable bonds is 5. The van der Waals surface area contributed by atoms with Gasteiger partial charge in [-0.05, 0) is 115 Å². The summed E-state index contributed by atoms with van der Waals surface area (Å²) in [5, 5.41) is 2.22. The molecule has 0 N–H and O–H groups in total. The van der Waals surface area contributed by atoms with Crippen molar-refractivity contribution < 1.29 is 4.42 Å². The minimum absolute atomic E-state index is 0.132. The highest BCUT2D eigenvalue weighted by atomic mass is 16.3. The van der Waals surface area contributed by atoms with Gasteiger partial charge >= 0.3 is 0 Å². The van der Waals surface area contributed by atoms with Gasteiger partial charge in [-0.3, -0.25) is 0 Å². The lowest BCUT2D eigenvalue weighted by atomic mass is 9.55. The van der Waals surface area contributed by atoms with E-state index in [0.717, 1.165) is 39.0 Å². The summed E-state index contributed by atoms with van der Waals surface area (Å²) in [5.74, 6) is 0. The van der Waals surface area contributed by atoms with E-state index in [1.165, 1.54) is 66.8 Å². The van der Waals surface area contributed by atoms with Gasteiger partial charge in [0.15, 0.2) is 0 Å². The van der Waals surface area contributed by atoms with Crippen molar-refractivity contribution in [1.82, 2.24) is 0 Å². The van der Waals surface area contributed by atoms with Gasteiger partial charge in [-0.25, -0.2) is 0 Å². The van der Waals surface area contributed by atoms with Gasteiger partial charge in [-0.15, -0.1) is 0 Å². The molecule has 10 aromatic rings. The van der Waals surface area contributed by atoms with Gasteiger partial charge in [-0.2, -0.15) is 0 Å². The van der Waals surface area contributed by atoms with Crippen molar-refractivity contribution in [2.24, 2.45) is 0 Å². The summed E-state index contributed by atoms with van der Waals surface area (Å²) in [4.78, 5) is 2.36. The molecule has 2 nitrogen and oxygen atoms in total. The SMILES string of the molecule is CC1(C)c2ccccc2C2(c3ccccc3-c3c(-c4ccc(N(c5ccc(-c6ccccc6)cc5)c5ccc6oc7ccccc7c6c5)cc4)cccc32)c2ccccc21. The molecule has 1 spiro atoms. The van der Waals surface area contributed by atoms with Gasteiger partial charge in [0.05, 0.1) is 5.41 Å². The lowest BCUT2D eigenvalue weighted by Gasteiger charge is -2.46. The van der Waals surface area contributed by atoms with E-state index in [4.69, 9.17) is 4.42 Å². The van der Waals surface area contributed by atoms with Crippen molar-refractivity contribution in [3.8, 4) is 33.4 Å². The third kappa shape index (κ3) is 4.88. The Kier molecular flexibility index (Phi) is 7.52. The van der Waals surface area contributed by atoms with Gasteiger partial charge in [0, 0.05) is 33.2 Å². The highest BCUT2D eigenvalue weighted by Gasteiger charge is 2.53. The van der Waals surface area contributed by atoms with E-state index in [-0.39, 0.29) is 5.41 Å². The van der Waals surface area contributed by atoms with Crippen LogP contribution in [0.25, 0.3) is 55.3 Å². The number of hydrogen-bond acceptors (Lipinski definition) is 2. The molecule has 60 heavy (non-hydrogen) atoms. The summed E-state index contributed by atoms with van der Waals surface area (Å²) < 4.78 is 6.26. The summed E-state index contributed by atoms with van der Waals surface area (Å²) in [6, 6.07) is 77.9. The maximum atomic E-state index is 6.26. The van der Waals surface area contributed by atoms with Gasteiger partial charge in [-0.1, -0.05) is 178 Å². The molecule has 0 saturated heterocycles. The average Bonchev–Trinajstić information content (AvgIpc) is 3.83. The van der Waals surface area contributed by atoms with Crippen LogP contribution in [0, 0.1) is 0 Å². The number of anilines is 3. The monoisotopic (exact) mass is 767 g/mol. The summed E-state index contributed by atoms with van der Waals surface area (Å²) in [6.45, 7) is 4.77. The van der Waals surface area contributed by atoms with Gasteiger partial charge < -0.3 is 9.32 Å². The summed E-state index contributed by atoms with van der Waals surface area (Å²) >= 11 is 0. The molecule has 2 heteroatoms. The Balaban J connectivity index is 1.02. The molecule has 0 amide bonds. The van der Waals surface area contributed by atoms with Crippen LogP contribution in [0.5, 0.6) is 0 Å². The van der Waals surface area contributed by atoms with Crippen LogP contribution < -0.4 is 4.90 Å². The average molecular weight is 768 g/mol. The number of para-hydroxylation sites is 1. The van der Waals surface area contributed by atoms with Crippen LogP contribution in [-0.2, 0) is 10.8 Å². The summed E-state index contributed by atoms with van der Waals surface area (Å²) in [6.07, 6.45) is 0. The molecule has 0 fully saturated rings. The second-order valence-electron chi connectivity index (χ2n) is 16.8. The Morgan fingerprint density at radius 1 is 0.350 bits per heavy atom. The molecule has 2 aliphatic rings. The summed E-state index contributed by atoms with van der Waals surface area (Å²) in [5.41, 5.74) is 20.1. The van der Waals surface area contributed by atoms with Crippen LogP contribution in [0.1, 0.15) is 47.2 Å². The van der Waals surface area contributed by atoms with Crippen molar-refractivity contribution in [2.75, 3.05) is 4.90 Å². The molecule has 0 atom stereocenters. The molecule has 12 rings (SSSR count). The Morgan fingerprint density at radius 3 is 1.55 bits per heavy atom. The zero-order valence-corrected chi connectivity index (χ0v) is 33.6. The predicted octanol–water partition coefficient (Wildman–Crippen LogP) is 15.4. The maximum absolute atomic E-state index is 6.26. The number of furan rings is 1. The third-order valence-electron chi connectivity index (χ3n) is 13.4. The van der Waals surface area contributed by atoms with Crippen LogP contribution in [-0.4, -0.2) is 0 Å². The van der Waals surface area contributed by atoms with Crippen molar-refractivity contribution in [2.45, 2.75) is 24.7 Å². The molecule has 0 radical (unpaired) electrons. The molecule has 0 bridgehead atoms. The molecule has 9 aromatic carbocycles. The molecule has 0 unspecified atom stereocenters. The van der Waals surface area contributed by atoms with Crippen LogP contribution in [0.3, 0.4) is 0 Å². The maximum Gasteiger partial charge on any atom is 0.135 e. The molecule has 1 aromatic heterocycles. The molecule has 2 aliphatic carbocycles. The largest absolute Gasteiger partial charge is 0.456 e. The fourth-order valence-electron chi connectivity index (χ4n) is 10.7. The van der Waals surface area contributed by atoms with E-state index in [0.29, 0.717) is 0 Å². The lowest BCUT2D eigenvalue weighted by Crippen LogP contribution is -2.40. The van der Waals surface area contributed by atoms with Crippen molar-refractivity contribution in [3.05, 3.63) is 246 Å². The normalized spacial score (nSPS) is 14.1. The Morgan fingerprint density at radius 2 is 0.850 bits per heavy atom. The molecular formula is C58H41NO. The molecule has 1 heterocycles. The van der Waals surface area contributed by atoms with Crippen molar-refractivity contribution >= 4 is 39.0 Å². The molecular weight excluding hydrogens is 727 g/mol. The molecule has 0 saturated carbocycles. The van der Waals surface area contributed by atoms with Gasteiger partial charge in [0.2, 0.25) is 0 Å². The Labute approximate surface area is 350 Å². The number of nitrogens with zero attached hydrogens (tertiary/aromatic N) is 1. The zero-order chi connectivity index (χ0) is 40.0. The smallest absolute Gasteiger partial charge is 0.135 e. The number of fused-ring (bicyclic) bond motifs is 12. The third-order valence-corrected chi connectivity index (χ3v) is 13.4. The van der Waals surface area contributed by atoms with Crippen LogP contribution in [0.15, 0.2) is 217 Å². The van der Waals surface area contributed by atoms with Gasteiger partial charge in [0.1, 0.15) is 11.2 Å². The van der Waals surface area contributed by atoms with E-state index in [1.54, 1.807) is 0 Å². The second kappa shape index (κ2) is 13.0. The highest BCUT2D eigenvalue weighted by molar-refractivity contribution is 6.06. The van der Waals surface area contributed by atoms with E-state index >= 15 is 0 Å². The van der Waals surface area contributed by atoms with Crippen LogP contribution in [0.4, 0.5) is 17.1 Å². The van der Waals surface area contributed by atoms with Crippen molar-refractivity contribution in [3.63, 3.8) is 0 Å². The Hall–Kier alpha value is -7.42. The van der Waals surface area contributed by atoms with E-state index < -0.39 is 5.41 Å². The first-order chi connectivity index (χ1) is 29.5. The van der Waals surface area contributed by atoms with Gasteiger partial charge in [0.25, 0.3) is 0 Å². The predicted molar refractivity (Wildman–Crippen MR) is 249 cm³/mol. The van der Waals surface area contributed by atoms with E-state index in [1.807, 2.05) is 12.1 Å². The van der Waals surface area contributed by atoms with Crippen molar-refractivity contribution in [1.29, 1.82) is 0 Å². The topological polar surface area (TPSA) is 16.4 Å². The minimum Gasteiger partial charge on any atom is -0.456 e. The lowest BCUT2D eigenvalue weighted by molar-refractivity contribution is 0.563. The van der Waals surface area contributed by atoms with E-state index in [9.17, 15) is 0 Å². The summed E-state index contributed by atoms with van der Waals surface area (Å²) in [7, 11) is 0. The molecule has 0 aliphatic heterocycles. The highest BCUT2D eigenvalue weighted by Crippen LogP contribution is 2.63.